The number of nitrogens with one attached hydrogen (secondary N) is 2. The van der Waals surface area contributed by atoms with E-state index in [-0.39, 0.29) is 30.8 Å². The number of ketones is 2. The minimum absolute atomic E-state index is 0.0108. The first-order chi connectivity index (χ1) is 13.4. The monoisotopic (exact) mass is 430 g/mol. The van der Waals surface area contributed by atoms with Crippen LogP contribution in [-0.2, 0) is 23.9 Å². The molecule has 0 radical (unpaired) electrons. The van der Waals surface area contributed by atoms with Gasteiger partial charge < -0.3 is 20.5 Å². The average molecular weight is 431 g/mol. The van der Waals surface area contributed by atoms with Crippen LogP contribution in [0.5, 0.6) is 0 Å². The van der Waals surface area contributed by atoms with Gasteiger partial charge in [-0.3, -0.25) is 14.4 Å². The van der Waals surface area contributed by atoms with Gasteiger partial charge in [-0.15, -0.1) is 0 Å². The summed E-state index contributed by atoms with van der Waals surface area (Å²) < 4.78 is 5.12. The summed E-state index contributed by atoms with van der Waals surface area (Å²) in [5.74, 6) is -1.69. The van der Waals surface area contributed by atoms with Crippen molar-refractivity contribution in [3.05, 3.63) is 0 Å². The molecule has 0 saturated carbocycles. The molecule has 29 heavy (non-hydrogen) atoms. The topological polar surface area (TPSA) is 139 Å². The molecule has 1 saturated heterocycles. The Morgan fingerprint density at radius 2 is 1.97 bits per heavy atom. The Labute approximate surface area is 174 Å². The molecule has 1 heterocycles. The van der Waals surface area contributed by atoms with Gasteiger partial charge in [-0.2, -0.15) is 11.8 Å². The zero-order chi connectivity index (χ0) is 22.2. The van der Waals surface area contributed by atoms with Crippen molar-refractivity contribution in [1.29, 1.82) is 0 Å². The number of aliphatic carboxylic acids is 1. The molecule has 3 N–H and O–H groups in total. The van der Waals surface area contributed by atoms with E-state index in [0.29, 0.717) is 17.9 Å². The van der Waals surface area contributed by atoms with Crippen molar-refractivity contribution in [3.63, 3.8) is 0 Å². The number of amides is 2. The van der Waals surface area contributed by atoms with E-state index < -0.39 is 41.6 Å². The number of ether oxygens (including phenoxy) is 1. The summed E-state index contributed by atoms with van der Waals surface area (Å²) in [5, 5.41) is 14.1. The number of rotatable bonds is 8. The Morgan fingerprint density at radius 3 is 2.52 bits per heavy atom. The van der Waals surface area contributed by atoms with Crippen molar-refractivity contribution < 1.29 is 33.8 Å². The molecule has 1 aliphatic rings. The van der Waals surface area contributed by atoms with Gasteiger partial charge in [0.2, 0.25) is 5.91 Å². The molecule has 1 rings (SSSR count). The second kappa shape index (κ2) is 11.2. The quantitative estimate of drug-likeness (QED) is 0.527. The first-order valence-corrected chi connectivity index (χ1v) is 10.7. The molecule has 1 unspecified atom stereocenters. The maximum Gasteiger partial charge on any atom is 0.408 e. The number of hydrogen-bond donors (Lipinski definition) is 3. The van der Waals surface area contributed by atoms with Crippen molar-refractivity contribution in [3.8, 4) is 0 Å². The van der Waals surface area contributed by atoms with Gasteiger partial charge >= 0.3 is 12.1 Å². The Bertz CT molecular complexity index is 645. The Morgan fingerprint density at radius 1 is 1.31 bits per heavy atom. The number of carboxylic acid groups (broad SMARTS) is 1. The van der Waals surface area contributed by atoms with Gasteiger partial charge in [0.25, 0.3) is 0 Å². The fourth-order valence-corrected chi connectivity index (χ4v) is 3.83. The Kier molecular flexibility index (Phi) is 9.61. The smallest absolute Gasteiger partial charge is 0.408 e. The lowest BCUT2D eigenvalue weighted by molar-refractivity contribution is -0.142. The van der Waals surface area contributed by atoms with Gasteiger partial charge in [0.05, 0.1) is 12.0 Å². The van der Waals surface area contributed by atoms with Crippen molar-refractivity contribution in [2.75, 3.05) is 11.5 Å². The molecule has 0 aromatic rings. The molecule has 0 aromatic heterocycles. The van der Waals surface area contributed by atoms with Crippen LogP contribution in [0.1, 0.15) is 53.4 Å². The van der Waals surface area contributed by atoms with Crippen LogP contribution >= 0.6 is 11.8 Å². The van der Waals surface area contributed by atoms with Crippen LogP contribution in [0.25, 0.3) is 0 Å². The molecule has 0 aliphatic carbocycles. The largest absolute Gasteiger partial charge is 0.480 e. The highest BCUT2D eigenvalue weighted by Gasteiger charge is 2.29. The highest BCUT2D eigenvalue weighted by atomic mass is 32.2. The van der Waals surface area contributed by atoms with Gasteiger partial charge in [-0.25, -0.2) is 9.59 Å². The van der Waals surface area contributed by atoms with E-state index in [1.54, 1.807) is 20.8 Å². The fourth-order valence-electron chi connectivity index (χ4n) is 2.71. The molecule has 2 amide bonds. The zero-order valence-corrected chi connectivity index (χ0v) is 18.1. The molecule has 1 aliphatic heterocycles. The third kappa shape index (κ3) is 9.78. The number of carbonyl (C=O) groups excluding carboxylic acids is 4. The van der Waals surface area contributed by atoms with Crippen molar-refractivity contribution in [2.45, 2.75) is 71.1 Å². The molecule has 164 valence electrons. The second-order valence-electron chi connectivity index (χ2n) is 8.05. The van der Waals surface area contributed by atoms with Crippen molar-refractivity contribution in [2.24, 2.45) is 5.92 Å². The summed E-state index contributed by atoms with van der Waals surface area (Å²) in [5.41, 5.74) is -0.710. The summed E-state index contributed by atoms with van der Waals surface area (Å²) in [7, 11) is 0. The lowest BCUT2D eigenvalue weighted by Crippen LogP contribution is -2.46. The summed E-state index contributed by atoms with van der Waals surface area (Å²) in [6, 6.07) is -1.81. The van der Waals surface area contributed by atoms with Crippen LogP contribution in [0.4, 0.5) is 4.79 Å². The van der Waals surface area contributed by atoms with Gasteiger partial charge in [0.15, 0.2) is 5.78 Å². The van der Waals surface area contributed by atoms with Gasteiger partial charge in [0, 0.05) is 18.6 Å². The lowest BCUT2D eigenvalue weighted by atomic mass is 9.97. The van der Waals surface area contributed by atoms with Gasteiger partial charge in [0.1, 0.15) is 17.4 Å². The molecule has 0 aromatic carbocycles. The molecular weight excluding hydrogens is 400 g/mol. The zero-order valence-electron chi connectivity index (χ0n) is 17.3. The van der Waals surface area contributed by atoms with Crippen LogP contribution in [0.2, 0.25) is 0 Å². The van der Waals surface area contributed by atoms with Gasteiger partial charge in [-0.1, -0.05) is 0 Å². The molecule has 1 fully saturated rings. The maximum atomic E-state index is 12.4. The van der Waals surface area contributed by atoms with E-state index in [9.17, 15) is 24.0 Å². The molecule has 0 bridgehead atoms. The fraction of sp³-hybridized carbons (Fsp3) is 0.737. The highest BCUT2D eigenvalue weighted by Crippen LogP contribution is 2.19. The number of carboxylic acids is 1. The number of alkyl carbamates (subject to hydrolysis) is 1. The van der Waals surface area contributed by atoms with Crippen molar-refractivity contribution >= 4 is 41.3 Å². The van der Waals surface area contributed by atoms with E-state index in [1.807, 2.05) is 0 Å². The number of thioether (sulfide) groups is 1. The minimum Gasteiger partial charge on any atom is -0.480 e. The third-order valence-corrected chi connectivity index (χ3v) is 5.39. The van der Waals surface area contributed by atoms with E-state index in [2.05, 4.69) is 10.6 Å². The maximum absolute atomic E-state index is 12.4. The summed E-state index contributed by atoms with van der Waals surface area (Å²) in [6.07, 6.45) is -0.324. The molecular formula is C19H30N2O7S. The first kappa shape index (κ1) is 24.9. The highest BCUT2D eigenvalue weighted by molar-refractivity contribution is 7.99. The normalized spacial score (nSPS) is 21.2. The number of Topliss-reactive ketones (excluding diaryl/α,β-unsaturated/α-hetero) is 2. The van der Waals surface area contributed by atoms with E-state index >= 15 is 0 Å². The predicted octanol–water partition coefficient (Wildman–Crippen LogP) is 1.53. The van der Waals surface area contributed by atoms with E-state index in [4.69, 9.17) is 9.84 Å². The SMILES string of the molecule is CC(=O)[C@H](CCC(=O)C[C@H]1CSCCC(C(=O)O)NC1=O)NC(=O)OC(C)(C)C. The Hall–Kier alpha value is -2.10. The standard InChI is InChI=1S/C19H30N2O7S/c1-11(22)14(21-18(27)28-19(2,3)4)6-5-13(23)9-12-10-29-8-7-15(17(25)26)20-16(12)24/h12,14-15H,5-10H2,1-4H3,(H,20,24)(H,21,27)(H,25,26)/t12-,14-,15?/m0/s1. The molecule has 9 nitrogen and oxygen atoms in total. The lowest BCUT2D eigenvalue weighted by Gasteiger charge is -2.24. The van der Waals surface area contributed by atoms with E-state index in [1.165, 1.54) is 18.7 Å². The van der Waals surface area contributed by atoms with E-state index in [0.717, 1.165) is 0 Å². The van der Waals surface area contributed by atoms with Crippen LogP contribution in [0, 0.1) is 5.92 Å². The van der Waals surface area contributed by atoms with Crippen molar-refractivity contribution in [1.82, 2.24) is 10.6 Å². The molecule has 0 spiro atoms. The molecule has 3 atom stereocenters. The third-order valence-electron chi connectivity index (χ3n) is 4.22. The Balaban J connectivity index is 2.58. The van der Waals surface area contributed by atoms with Crippen LogP contribution in [-0.4, -0.2) is 63.8 Å². The van der Waals surface area contributed by atoms with Crippen LogP contribution < -0.4 is 10.6 Å². The predicted molar refractivity (Wildman–Crippen MR) is 108 cm³/mol. The average Bonchev–Trinajstić information content (AvgIpc) is 2.56. The minimum atomic E-state index is -1.09. The van der Waals surface area contributed by atoms with Crippen LogP contribution in [0.3, 0.4) is 0 Å². The molecule has 10 heteroatoms. The number of hydrogen-bond acceptors (Lipinski definition) is 7. The summed E-state index contributed by atoms with van der Waals surface area (Å²) in [6.45, 7) is 6.42. The van der Waals surface area contributed by atoms with Gasteiger partial charge in [-0.05, 0) is 46.3 Å². The second-order valence-corrected chi connectivity index (χ2v) is 9.20. The van der Waals surface area contributed by atoms with Crippen LogP contribution in [0.15, 0.2) is 0 Å². The summed E-state index contributed by atoms with van der Waals surface area (Å²) in [4.78, 5) is 59.4. The first-order valence-electron chi connectivity index (χ1n) is 9.51. The number of carbonyl (C=O) groups is 5. The summed E-state index contributed by atoms with van der Waals surface area (Å²) >= 11 is 1.44.